The van der Waals surface area contributed by atoms with Gasteiger partial charge < -0.3 is 24.1 Å². The van der Waals surface area contributed by atoms with E-state index in [1.165, 1.54) is 10.4 Å². The van der Waals surface area contributed by atoms with Gasteiger partial charge in [0.05, 0.1) is 11.7 Å². The van der Waals surface area contributed by atoms with Crippen LogP contribution < -0.4 is 10.4 Å². The Morgan fingerprint density at radius 3 is 2.13 bits per heavy atom. The van der Waals surface area contributed by atoms with E-state index in [-0.39, 0.29) is 29.6 Å². The molecule has 0 aromatic heterocycles. The molecule has 5 rings (SSSR count). The van der Waals surface area contributed by atoms with Gasteiger partial charge in [-0.05, 0) is 79.6 Å². The molecule has 214 valence electrons. The average Bonchev–Trinajstić information content (AvgIpc) is 3.20. The molecule has 1 spiro atoms. The summed E-state index contributed by atoms with van der Waals surface area (Å²) in [4.78, 5) is 0. The van der Waals surface area contributed by atoms with Crippen molar-refractivity contribution >= 4 is 18.7 Å². The largest absolute Gasteiger partial charge is 0.407 e. The van der Waals surface area contributed by atoms with Crippen LogP contribution in [0, 0.1) is 11.8 Å². The Labute approximate surface area is 236 Å². The molecule has 3 fully saturated rings. The van der Waals surface area contributed by atoms with Gasteiger partial charge >= 0.3 is 0 Å². The van der Waals surface area contributed by atoms with E-state index in [9.17, 15) is 10.2 Å². The molecule has 2 saturated carbocycles. The van der Waals surface area contributed by atoms with E-state index in [2.05, 4.69) is 81.4 Å². The highest BCUT2D eigenvalue weighted by molar-refractivity contribution is 6.99. The molecule has 2 aromatic carbocycles. The van der Waals surface area contributed by atoms with Crippen LogP contribution >= 0.6 is 0 Å². The standard InChI is InChI=1S/C33H48O5Si/c1-30(2,3)39(26-14-8-6-9-15-26,27-16-10-7-11-17-27)36-24-25-19-20-29-33(38-31(4,5)37-29)28(25)18-12-21-32(33,35)22-13-23-34/h6-11,14-17,25,28-29,34-35H,12-13,18-24H2,1-5H3/t25-,28?,29+,32-,33-/m0/s1. The second kappa shape index (κ2) is 10.7. The highest BCUT2D eigenvalue weighted by Crippen LogP contribution is 2.60. The van der Waals surface area contributed by atoms with Crippen LogP contribution in [0.3, 0.4) is 0 Å². The molecule has 2 aliphatic carbocycles. The predicted molar refractivity (Wildman–Crippen MR) is 158 cm³/mol. The zero-order chi connectivity index (χ0) is 27.9. The van der Waals surface area contributed by atoms with Gasteiger partial charge in [-0.2, -0.15) is 0 Å². The first kappa shape index (κ1) is 29.0. The van der Waals surface area contributed by atoms with E-state index in [1.807, 2.05) is 13.8 Å². The second-order valence-electron chi connectivity index (χ2n) is 13.6. The number of rotatable bonds is 8. The predicted octanol–water partition coefficient (Wildman–Crippen LogP) is 5.17. The lowest BCUT2D eigenvalue weighted by molar-refractivity contribution is -0.266. The Balaban J connectivity index is 1.53. The normalized spacial score (nSPS) is 32.4. The smallest absolute Gasteiger partial charge is 0.261 e. The molecule has 5 nitrogen and oxygen atoms in total. The maximum absolute atomic E-state index is 12.3. The van der Waals surface area contributed by atoms with Crippen LogP contribution in [0.25, 0.3) is 0 Å². The number of hydrogen-bond acceptors (Lipinski definition) is 5. The van der Waals surface area contributed by atoms with Crippen LogP contribution in [-0.2, 0) is 13.9 Å². The van der Waals surface area contributed by atoms with Crippen molar-refractivity contribution < 1.29 is 24.1 Å². The summed E-state index contributed by atoms with van der Waals surface area (Å²) in [6.45, 7) is 11.6. The molecule has 5 atom stereocenters. The van der Waals surface area contributed by atoms with Gasteiger partial charge in [0, 0.05) is 13.2 Å². The molecular weight excluding hydrogens is 504 g/mol. The number of aliphatic hydroxyl groups is 2. The highest BCUT2D eigenvalue weighted by atomic mass is 28.4. The van der Waals surface area contributed by atoms with E-state index in [1.54, 1.807) is 0 Å². The summed E-state index contributed by atoms with van der Waals surface area (Å²) < 4.78 is 20.8. The fourth-order valence-electron chi connectivity index (χ4n) is 8.32. The van der Waals surface area contributed by atoms with Crippen molar-refractivity contribution in [2.24, 2.45) is 11.8 Å². The van der Waals surface area contributed by atoms with Gasteiger partial charge in [-0.3, -0.25) is 0 Å². The van der Waals surface area contributed by atoms with Crippen LogP contribution in [0.4, 0.5) is 0 Å². The summed E-state index contributed by atoms with van der Waals surface area (Å²) in [6.07, 6.45) is 5.39. The van der Waals surface area contributed by atoms with Crippen LogP contribution in [0.15, 0.2) is 60.7 Å². The van der Waals surface area contributed by atoms with Crippen molar-refractivity contribution in [3.8, 4) is 0 Å². The SMILES string of the molecule is CC1(C)O[C@@H]2CC[C@@H](CO[Si](c3ccccc3)(c3ccccc3)C(C)(C)C)C3CCC[C@](O)(CCCO)[C@]32O1. The molecule has 3 aliphatic rings. The Morgan fingerprint density at radius 1 is 0.949 bits per heavy atom. The van der Waals surface area contributed by atoms with E-state index >= 15 is 0 Å². The van der Waals surface area contributed by atoms with Crippen LogP contribution in [0.2, 0.25) is 5.04 Å². The monoisotopic (exact) mass is 552 g/mol. The number of aliphatic hydroxyl groups excluding tert-OH is 1. The van der Waals surface area contributed by atoms with Gasteiger partial charge in [-0.15, -0.1) is 0 Å². The number of ether oxygens (including phenoxy) is 2. The molecule has 2 N–H and O–H groups in total. The first-order valence-electron chi connectivity index (χ1n) is 15.0. The molecule has 2 aromatic rings. The second-order valence-corrected chi connectivity index (χ2v) is 17.9. The molecular formula is C33H48O5Si. The summed E-state index contributed by atoms with van der Waals surface area (Å²) in [6, 6.07) is 21.6. The Kier molecular flexibility index (Phi) is 7.95. The lowest BCUT2D eigenvalue weighted by Gasteiger charge is -2.59. The maximum Gasteiger partial charge on any atom is 0.261 e. The maximum atomic E-state index is 12.3. The zero-order valence-electron chi connectivity index (χ0n) is 24.5. The number of hydrogen-bond donors (Lipinski definition) is 2. The average molecular weight is 553 g/mol. The minimum absolute atomic E-state index is 0.0678. The van der Waals surface area contributed by atoms with Crippen LogP contribution in [-0.4, -0.2) is 54.8 Å². The van der Waals surface area contributed by atoms with Crippen molar-refractivity contribution in [2.45, 2.75) is 108 Å². The fraction of sp³-hybridized carbons (Fsp3) is 0.636. The first-order chi connectivity index (χ1) is 18.5. The summed E-state index contributed by atoms with van der Waals surface area (Å²) in [5.74, 6) is -0.365. The number of benzene rings is 2. The molecule has 0 bridgehead atoms. The van der Waals surface area contributed by atoms with E-state index in [0.29, 0.717) is 25.9 Å². The summed E-state index contributed by atoms with van der Waals surface area (Å²) in [5, 5.41) is 24.4. The third-order valence-corrected chi connectivity index (χ3v) is 14.8. The molecule has 39 heavy (non-hydrogen) atoms. The van der Waals surface area contributed by atoms with Gasteiger partial charge in [0.25, 0.3) is 8.32 Å². The first-order valence-corrected chi connectivity index (χ1v) is 16.9. The van der Waals surface area contributed by atoms with Gasteiger partial charge in [0.2, 0.25) is 0 Å². The lowest BCUT2D eigenvalue weighted by Crippen LogP contribution is -2.70. The summed E-state index contributed by atoms with van der Waals surface area (Å²) in [7, 11) is -2.68. The van der Waals surface area contributed by atoms with Crippen LogP contribution in [0.1, 0.15) is 79.6 Å². The summed E-state index contributed by atoms with van der Waals surface area (Å²) >= 11 is 0. The molecule has 1 heterocycles. The highest BCUT2D eigenvalue weighted by Gasteiger charge is 2.70. The minimum Gasteiger partial charge on any atom is -0.407 e. The van der Waals surface area contributed by atoms with E-state index in [4.69, 9.17) is 13.9 Å². The van der Waals surface area contributed by atoms with Crippen molar-refractivity contribution in [3.05, 3.63) is 60.7 Å². The fourth-order valence-corrected chi connectivity index (χ4v) is 12.9. The quantitative estimate of drug-likeness (QED) is 0.443. The summed E-state index contributed by atoms with van der Waals surface area (Å²) in [5.41, 5.74) is -1.80. The molecule has 1 saturated heterocycles. The Hall–Kier alpha value is -1.54. The molecule has 6 heteroatoms. The lowest BCUT2D eigenvalue weighted by atomic mass is 9.54. The third-order valence-electron chi connectivity index (χ3n) is 9.75. The van der Waals surface area contributed by atoms with E-state index in [0.717, 1.165) is 25.7 Å². The third kappa shape index (κ3) is 4.85. The minimum atomic E-state index is -2.68. The van der Waals surface area contributed by atoms with Gasteiger partial charge in [-0.1, -0.05) is 87.9 Å². The van der Waals surface area contributed by atoms with Crippen molar-refractivity contribution in [2.75, 3.05) is 13.2 Å². The van der Waals surface area contributed by atoms with Crippen molar-refractivity contribution in [1.29, 1.82) is 0 Å². The van der Waals surface area contributed by atoms with Gasteiger partial charge in [-0.25, -0.2) is 0 Å². The van der Waals surface area contributed by atoms with Crippen LogP contribution in [0.5, 0.6) is 0 Å². The molecule has 1 aliphatic heterocycles. The van der Waals surface area contributed by atoms with Gasteiger partial charge in [0.1, 0.15) is 5.60 Å². The van der Waals surface area contributed by atoms with Crippen molar-refractivity contribution in [3.63, 3.8) is 0 Å². The van der Waals surface area contributed by atoms with E-state index < -0.39 is 25.3 Å². The zero-order valence-corrected chi connectivity index (χ0v) is 25.5. The topological polar surface area (TPSA) is 68.2 Å². The Bertz CT molecular complexity index is 1060. The Morgan fingerprint density at radius 2 is 1.56 bits per heavy atom. The van der Waals surface area contributed by atoms with Crippen molar-refractivity contribution in [1.82, 2.24) is 0 Å². The van der Waals surface area contributed by atoms with Gasteiger partial charge in [0.15, 0.2) is 5.79 Å². The molecule has 0 radical (unpaired) electrons. The molecule has 0 amide bonds. The molecule has 1 unspecified atom stereocenters.